The molecule has 0 unspecified atom stereocenters. The number of hydrogen-bond donors (Lipinski definition) is 2. The van der Waals surface area contributed by atoms with Gasteiger partial charge in [-0.25, -0.2) is 4.98 Å². The van der Waals surface area contributed by atoms with Gasteiger partial charge >= 0.3 is 0 Å². The predicted octanol–water partition coefficient (Wildman–Crippen LogP) is 1.93. The third-order valence-corrected chi connectivity index (χ3v) is 2.71. The molecule has 2 aromatic rings. The largest absolute Gasteiger partial charge is 0.492 e. The molecule has 0 fully saturated rings. The van der Waals surface area contributed by atoms with E-state index < -0.39 is 0 Å². The molecule has 0 saturated carbocycles. The Morgan fingerprint density at radius 2 is 2.19 bits per heavy atom. The minimum Gasteiger partial charge on any atom is -0.492 e. The van der Waals surface area contributed by atoms with Gasteiger partial charge in [-0.05, 0) is 24.1 Å². The van der Waals surface area contributed by atoms with Gasteiger partial charge in [-0.3, -0.25) is 4.79 Å². The number of anilines is 1. The molecule has 2 rings (SSSR count). The minimum atomic E-state index is -0.337. The zero-order valence-corrected chi connectivity index (χ0v) is 11.9. The summed E-state index contributed by atoms with van der Waals surface area (Å²) in [4.78, 5) is 18.1. The lowest BCUT2D eigenvalue weighted by Crippen LogP contribution is -2.10. The lowest BCUT2D eigenvalue weighted by Gasteiger charge is -2.11. The number of hydrogen-bond acceptors (Lipinski definition) is 5. The fourth-order valence-electron chi connectivity index (χ4n) is 1.76. The number of nitrogens with two attached hydrogens (primary N) is 1. The number of rotatable bonds is 4. The van der Waals surface area contributed by atoms with Crippen LogP contribution in [0.3, 0.4) is 0 Å². The van der Waals surface area contributed by atoms with E-state index in [1.807, 2.05) is 13.8 Å². The molecule has 0 bridgehead atoms. The van der Waals surface area contributed by atoms with E-state index in [1.54, 1.807) is 18.2 Å². The molecule has 1 heterocycles. The van der Waals surface area contributed by atoms with Crippen LogP contribution in [-0.2, 0) is 0 Å². The fraction of sp³-hybridized carbons (Fsp3) is 0.267. The van der Waals surface area contributed by atoms with Crippen LogP contribution in [0.2, 0.25) is 0 Å². The summed E-state index contributed by atoms with van der Waals surface area (Å²) in [5.74, 6) is 1.34. The summed E-state index contributed by atoms with van der Waals surface area (Å²) in [6.07, 6.45) is 0. The van der Waals surface area contributed by atoms with Crippen LogP contribution in [0.1, 0.15) is 19.4 Å². The number of nitrogen functional groups attached to an aromatic ring is 1. The van der Waals surface area contributed by atoms with E-state index in [-0.39, 0.29) is 11.4 Å². The van der Waals surface area contributed by atoms with Crippen molar-refractivity contribution in [2.24, 2.45) is 5.92 Å². The number of ether oxygens (including phenoxy) is 1. The highest BCUT2D eigenvalue weighted by Crippen LogP contribution is 2.24. The monoisotopic (exact) mass is 284 g/mol. The third kappa shape index (κ3) is 3.60. The van der Waals surface area contributed by atoms with Gasteiger partial charge in [-0.1, -0.05) is 13.8 Å². The first-order valence-corrected chi connectivity index (χ1v) is 6.53. The van der Waals surface area contributed by atoms with Gasteiger partial charge in [-0.2, -0.15) is 5.26 Å². The molecule has 0 amide bonds. The highest BCUT2D eigenvalue weighted by Gasteiger charge is 2.09. The summed E-state index contributed by atoms with van der Waals surface area (Å²) in [5, 5.41) is 9.22. The zero-order valence-electron chi connectivity index (χ0n) is 11.9. The van der Waals surface area contributed by atoms with Crippen LogP contribution in [0.5, 0.6) is 5.75 Å². The van der Waals surface area contributed by atoms with E-state index in [0.29, 0.717) is 35.2 Å². The molecule has 0 aliphatic carbocycles. The topological polar surface area (TPSA) is 105 Å². The smallest absolute Gasteiger partial charge is 0.253 e. The first-order valence-electron chi connectivity index (χ1n) is 6.53. The Labute approximate surface area is 122 Å². The molecular formula is C15H16N4O2. The molecular weight excluding hydrogens is 268 g/mol. The van der Waals surface area contributed by atoms with E-state index in [2.05, 4.69) is 16.0 Å². The Morgan fingerprint density at radius 1 is 1.43 bits per heavy atom. The number of nitriles is 1. The number of nitrogens with one attached hydrogen (secondary N) is 1. The van der Waals surface area contributed by atoms with Gasteiger partial charge in [-0.15, -0.1) is 0 Å². The number of H-pyrrole nitrogens is 1. The van der Waals surface area contributed by atoms with Crippen LogP contribution >= 0.6 is 0 Å². The number of aromatic nitrogens is 2. The van der Waals surface area contributed by atoms with Gasteiger partial charge in [0.25, 0.3) is 5.56 Å². The summed E-state index contributed by atoms with van der Waals surface area (Å²) in [5.41, 5.74) is 6.21. The molecule has 0 aliphatic heterocycles. The molecule has 0 atom stereocenters. The average molecular weight is 284 g/mol. The quantitative estimate of drug-likeness (QED) is 0.892. The minimum absolute atomic E-state index is 0.132. The Kier molecular flexibility index (Phi) is 4.24. The van der Waals surface area contributed by atoms with Gasteiger partial charge in [0.2, 0.25) is 0 Å². The maximum absolute atomic E-state index is 11.4. The zero-order chi connectivity index (χ0) is 15.4. The van der Waals surface area contributed by atoms with Crippen molar-refractivity contribution >= 4 is 5.82 Å². The normalized spacial score (nSPS) is 10.4. The molecule has 1 aromatic carbocycles. The highest BCUT2D eigenvalue weighted by atomic mass is 16.5. The molecule has 3 N–H and O–H groups in total. The molecule has 6 nitrogen and oxygen atoms in total. The second-order valence-corrected chi connectivity index (χ2v) is 5.05. The molecule has 108 valence electrons. The second-order valence-electron chi connectivity index (χ2n) is 5.05. The van der Waals surface area contributed by atoms with Crippen molar-refractivity contribution in [1.29, 1.82) is 5.26 Å². The summed E-state index contributed by atoms with van der Waals surface area (Å²) in [6.45, 7) is 4.59. The molecule has 0 aliphatic rings. The highest BCUT2D eigenvalue weighted by molar-refractivity contribution is 5.62. The SMILES string of the molecule is CC(C)COc1ccc(-c2nc(N)cc(=O)[nH]2)cc1C#N. The van der Waals surface area contributed by atoms with Crippen molar-refractivity contribution in [2.45, 2.75) is 13.8 Å². The lowest BCUT2D eigenvalue weighted by atomic mass is 10.1. The van der Waals surface area contributed by atoms with Gasteiger partial charge in [0.05, 0.1) is 12.2 Å². The Bertz CT molecular complexity index is 744. The average Bonchev–Trinajstić information content (AvgIpc) is 2.43. The first-order chi connectivity index (χ1) is 9.99. The van der Waals surface area contributed by atoms with Gasteiger partial charge in [0.15, 0.2) is 0 Å². The van der Waals surface area contributed by atoms with Gasteiger partial charge in [0, 0.05) is 11.6 Å². The molecule has 0 radical (unpaired) electrons. The van der Waals surface area contributed by atoms with Crippen LogP contribution in [0.25, 0.3) is 11.4 Å². The summed E-state index contributed by atoms with van der Waals surface area (Å²) < 4.78 is 5.59. The van der Waals surface area contributed by atoms with E-state index in [9.17, 15) is 10.1 Å². The van der Waals surface area contributed by atoms with Crippen molar-refractivity contribution in [3.05, 3.63) is 40.2 Å². The molecule has 0 saturated heterocycles. The molecule has 21 heavy (non-hydrogen) atoms. The summed E-state index contributed by atoms with van der Waals surface area (Å²) >= 11 is 0. The second kappa shape index (κ2) is 6.09. The van der Waals surface area contributed by atoms with Crippen molar-refractivity contribution in [1.82, 2.24) is 9.97 Å². The number of benzene rings is 1. The Hall–Kier alpha value is -2.81. The number of aromatic amines is 1. The summed E-state index contributed by atoms with van der Waals surface area (Å²) in [6, 6.07) is 8.33. The van der Waals surface area contributed by atoms with Crippen molar-refractivity contribution in [3.8, 4) is 23.2 Å². The lowest BCUT2D eigenvalue weighted by molar-refractivity contribution is 0.270. The third-order valence-electron chi connectivity index (χ3n) is 2.71. The fourth-order valence-corrected chi connectivity index (χ4v) is 1.76. The Morgan fingerprint density at radius 3 is 2.81 bits per heavy atom. The summed E-state index contributed by atoms with van der Waals surface area (Å²) in [7, 11) is 0. The van der Waals surface area contributed by atoms with Crippen LogP contribution in [0.4, 0.5) is 5.82 Å². The van der Waals surface area contributed by atoms with Crippen molar-refractivity contribution < 1.29 is 4.74 Å². The van der Waals surface area contributed by atoms with Crippen LogP contribution in [0.15, 0.2) is 29.1 Å². The molecule has 6 heteroatoms. The molecule has 0 spiro atoms. The van der Waals surface area contributed by atoms with Crippen molar-refractivity contribution in [2.75, 3.05) is 12.3 Å². The van der Waals surface area contributed by atoms with Crippen LogP contribution in [-0.4, -0.2) is 16.6 Å². The van der Waals surface area contributed by atoms with Crippen LogP contribution < -0.4 is 16.0 Å². The first kappa shape index (κ1) is 14.6. The number of nitrogens with zero attached hydrogens (tertiary/aromatic N) is 2. The van der Waals surface area contributed by atoms with E-state index in [0.717, 1.165) is 0 Å². The van der Waals surface area contributed by atoms with E-state index >= 15 is 0 Å². The maximum atomic E-state index is 11.4. The molecule has 1 aromatic heterocycles. The van der Waals surface area contributed by atoms with E-state index in [4.69, 9.17) is 10.5 Å². The standard InChI is InChI=1S/C15H16N4O2/c1-9(2)8-21-12-4-3-10(5-11(12)7-16)15-18-13(17)6-14(20)19-15/h3-6,9H,8H2,1-2H3,(H3,17,18,19,20). The van der Waals surface area contributed by atoms with E-state index in [1.165, 1.54) is 6.07 Å². The van der Waals surface area contributed by atoms with Gasteiger partial charge in [0.1, 0.15) is 23.5 Å². The van der Waals surface area contributed by atoms with Gasteiger partial charge < -0.3 is 15.5 Å². The van der Waals surface area contributed by atoms with Crippen LogP contribution in [0, 0.1) is 17.2 Å². The van der Waals surface area contributed by atoms with Crippen molar-refractivity contribution in [3.63, 3.8) is 0 Å². The Balaban J connectivity index is 2.39. The predicted molar refractivity (Wildman–Crippen MR) is 79.8 cm³/mol. The maximum Gasteiger partial charge on any atom is 0.253 e.